The van der Waals surface area contributed by atoms with E-state index < -0.39 is 10.0 Å². The highest BCUT2D eigenvalue weighted by Gasteiger charge is 2.33. The molecule has 0 spiro atoms. The summed E-state index contributed by atoms with van der Waals surface area (Å²) in [6, 6.07) is 9.05. The van der Waals surface area contributed by atoms with E-state index in [2.05, 4.69) is 10.3 Å². The van der Waals surface area contributed by atoms with Crippen LogP contribution in [0.1, 0.15) is 12.8 Å². The van der Waals surface area contributed by atoms with E-state index in [0.717, 1.165) is 16.9 Å². The van der Waals surface area contributed by atoms with Gasteiger partial charge in [-0.15, -0.1) is 22.7 Å². The number of sulfonamides is 1. The van der Waals surface area contributed by atoms with E-state index in [1.807, 2.05) is 0 Å². The minimum absolute atomic E-state index is 0.175. The molecule has 0 bridgehead atoms. The monoisotopic (exact) mass is 485 g/mol. The second-order valence-electron chi connectivity index (χ2n) is 6.77. The summed E-state index contributed by atoms with van der Waals surface area (Å²) in [6.45, 7) is 0.545. The Labute approximate surface area is 186 Å². The highest BCUT2D eigenvalue weighted by molar-refractivity contribution is 7.91. The molecule has 1 aromatic carbocycles. The lowest BCUT2D eigenvalue weighted by Crippen LogP contribution is -2.41. The normalized spacial score (nSPS) is 15.9. The van der Waals surface area contributed by atoms with Gasteiger partial charge >= 0.3 is 0 Å². The van der Waals surface area contributed by atoms with Gasteiger partial charge in [0.2, 0.25) is 5.91 Å². The number of amides is 1. The molecule has 1 saturated heterocycles. The maximum absolute atomic E-state index is 13.1. The molecule has 0 radical (unpaired) electrons. The van der Waals surface area contributed by atoms with E-state index in [1.165, 1.54) is 33.8 Å². The quantitative estimate of drug-likeness (QED) is 0.568. The molecule has 1 amide bonds. The molecule has 30 heavy (non-hydrogen) atoms. The Morgan fingerprint density at radius 3 is 2.50 bits per heavy atom. The zero-order chi connectivity index (χ0) is 21.3. The van der Waals surface area contributed by atoms with Gasteiger partial charge in [-0.1, -0.05) is 11.6 Å². The van der Waals surface area contributed by atoms with Gasteiger partial charge < -0.3 is 5.32 Å². The number of anilines is 1. The highest BCUT2D eigenvalue weighted by Crippen LogP contribution is 2.31. The average Bonchev–Trinajstić information content (AvgIpc) is 3.38. The van der Waals surface area contributed by atoms with Crippen LogP contribution in [0.3, 0.4) is 0 Å². The molecule has 1 aliphatic rings. The van der Waals surface area contributed by atoms with E-state index in [0.29, 0.717) is 28.0 Å². The lowest BCUT2D eigenvalue weighted by atomic mass is 9.97. The van der Waals surface area contributed by atoms with Gasteiger partial charge in [0.1, 0.15) is 10.0 Å². The summed E-state index contributed by atoms with van der Waals surface area (Å²) in [6.07, 6.45) is 0.862. The van der Waals surface area contributed by atoms with E-state index in [1.54, 1.807) is 23.6 Å². The van der Waals surface area contributed by atoms with Crippen molar-refractivity contribution in [2.45, 2.75) is 17.1 Å². The smallest absolute Gasteiger partial charge is 0.252 e. The lowest BCUT2D eigenvalue weighted by molar-refractivity contribution is -0.120. The van der Waals surface area contributed by atoms with Crippen LogP contribution in [0, 0.1) is 11.7 Å². The van der Waals surface area contributed by atoms with Crippen LogP contribution in [0.15, 0.2) is 46.0 Å². The number of halogens is 2. The molecule has 2 aromatic heterocycles. The van der Waals surface area contributed by atoms with Gasteiger partial charge in [0.05, 0.1) is 10.0 Å². The lowest BCUT2D eigenvalue weighted by Gasteiger charge is -2.29. The first-order chi connectivity index (χ1) is 14.3. The molecule has 0 unspecified atom stereocenters. The SMILES string of the molecule is O=C(Nc1nc(-c2ccc(F)cc2)cs1)C1CCN(S(=O)(=O)c2ccc(Cl)s2)CC1. The Bertz CT molecular complexity index is 1150. The first kappa shape index (κ1) is 21.4. The molecule has 158 valence electrons. The number of rotatable bonds is 5. The van der Waals surface area contributed by atoms with Crippen molar-refractivity contribution in [3.8, 4) is 11.3 Å². The maximum Gasteiger partial charge on any atom is 0.252 e. The zero-order valence-corrected chi connectivity index (χ0v) is 18.8. The summed E-state index contributed by atoms with van der Waals surface area (Å²) >= 11 is 8.17. The van der Waals surface area contributed by atoms with Gasteiger partial charge in [-0.25, -0.2) is 17.8 Å². The minimum atomic E-state index is -3.58. The van der Waals surface area contributed by atoms with Crippen LogP contribution in [0.5, 0.6) is 0 Å². The minimum Gasteiger partial charge on any atom is -0.302 e. The highest BCUT2D eigenvalue weighted by atomic mass is 35.5. The van der Waals surface area contributed by atoms with Crippen LogP contribution >= 0.6 is 34.3 Å². The number of thiazole rings is 1. The maximum atomic E-state index is 13.1. The van der Waals surface area contributed by atoms with Crippen molar-refractivity contribution < 1.29 is 17.6 Å². The number of benzene rings is 1. The molecule has 3 aromatic rings. The van der Waals surface area contributed by atoms with Gasteiger partial charge in [0.15, 0.2) is 5.13 Å². The number of nitrogens with one attached hydrogen (secondary N) is 1. The van der Waals surface area contributed by atoms with E-state index in [4.69, 9.17) is 11.6 Å². The van der Waals surface area contributed by atoms with Crippen molar-refractivity contribution in [1.29, 1.82) is 0 Å². The van der Waals surface area contributed by atoms with E-state index in [9.17, 15) is 17.6 Å². The second kappa shape index (κ2) is 8.72. The molecule has 3 heterocycles. The predicted molar refractivity (Wildman–Crippen MR) is 117 cm³/mol. The number of aromatic nitrogens is 1. The molecule has 1 fully saturated rings. The topological polar surface area (TPSA) is 79.4 Å². The van der Waals surface area contributed by atoms with Crippen molar-refractivity contribution in [3.05, 3.63) is 51.9 Å². The standard InChI is InChI=1S/C19H17ClFN3O3S3/c20-16-5-6-17(29-16)30(26,27)24-9-7-13(8-10-24)18(25)23-19-22-15(11-28-19)12-1-3-14(21)4-2-12/h1-6,11,13H,7-10H2,(H,22,23,25). The largest absolute Gasteiger partial charge is 0.302 e. The van der Waals surface area contributed by atoms with E-state index in [-0.39, 0.29) is 34.9 Å². The number of piperidine rings is 1. The fourth-order valence-electron chi connectivity index (χ4n) is 3.21. The van der Waals surface area contributed by atoms with Gasteiger partial charge in [0, 0.05) is 30.0 Å². The van der Waals surface area contributed by atoms with Crippen molar-refractivity contribution in [1.82, 2.24) is 9.29 Å². The predicted octanol–water partition coefficient (Wildman–Crippen LogP) is 4.70. The van der Waals surface area contributed by atoms with Crippen LogP contribution < -0.4 is 5.32 Å². The Hall–Kier alpha value is -1.85. The Balaban J connectivity index is 1.35. The van der Waals surface area contributed by atoms with Crippen LogP contribution in [0.4, 0.5) is 9.52 Å². The van der Waals surface area contributed by atoms with Crippen molar-refractivity contribution >= 4 is 55.3 Å². The molecule has 1 N–H and O–H groups in total. The van der Waals surface area contributed by atoms with Crippen LogP contribution in [0.2, 0.25) is 4.34 Å². The number of carbonyl (C=O) groups excluding carboxylic acids is 1. The van der Waals surface area contributed by atoms with Crippen molar-refractivity contribution in [2.75, 3.05) is 18.4 Å². The Morgan fingerprint density at radius 1 is 1.17 bits per heavy atom. The molecular formula is C19H17ClFN3O3S3. The summed E-state index contributed by atoms with van der Waals surface area (Å²) in [5.41, 5.74) is 1.42. The molecule has 0 aliphatic carbocycles. The number of nitrogens with zero attached hydrogens (tertiary/aromatic N) is 2. The van der Waals surface area contributed by atoms with Crippen LogP contribution in [-0.4, -0.2) is 36.7 Å². The van der Waals surface area contributed by atoms with Gasteiger partial charge in [-0.2, -0.15) is 4.31 Å². The third kappa shape index (κ3) is 4.57. The summed E-state index contributed by atoms with van der Waals surface area (Å²) < 4.78 is 40.4. The second-order valence-corrected chi connectivity index (χ2v) is 11.5. The first-order valence-corrected chi connectivity index (χ1v) is 12.6. The van der Waals surface area contributed by atoms with Crippen LogP contribution in [0.25, 0.3) is 11.3 Å². The number of thiophene rings is 1. The summed E-state index contributed by atoms with van der Waals surface area (Å²) in [5.74, 6) is -0.786. The number of hydrogen-bond donors (Lipinski definition) is 1. The molecular weight excluding hydrogens is 469 g/mol. The van der Waals surface area contributed by atoms with E-state index >= 15 is 0 Å². The number of hydrogen-bond acceptors (Lipinski definition) is 6. The van der Waals surface area contributed by atoms with Crippen LogP contribution in [-0.2, 0) is 14.8 Å². The third-order valence-electron chi connectivity index (χ3n) is 4.84. The molecule has 6 nitrogen and oxygen atoms in total. The Kier molecular flexibility index (Phi) is 6.21. The van der Waals surface area contributed by atoms with Crippen molar-refractivity contribution in [3.63, 3.8) is 0 Å². The molecule has 4 rings (SSSR count). The fourth-order valence-corrected chi connectivity index (χ4v) is 7.04. The van der Waals surface area contributed by atoms with Crippen molar-refractivity contribution in [2.24, 2.45) is 5.92 Å². The first-order valence-electron chi connectivity index (χ1n) is 9.11. The average molecular weight is 486 g/mol. The van der Waals surface area contributed by atoms with Gasteiger partial charge in [0.25, 0.3) is 10.0 Å². The van der Waals surface area contributed by atoms with Gasteiger partial charge in [-0.3, -0.25) is 4.79 Å². The molecule has 0 atom stereocenters. The summed E-state index contributed by atoms with van der Waals surface area (Å²) in [5, 5.41) is 5.07. The summed E-state index contributed by atoms with van der Waals surface area (Å²) in [7, 11) is -3.58. The number of carbonyl (C=O) groups is 1. The Morgan fingerprint density at radius 2 is 1.87 bits per heavy atom. The molecule has 1 aliphatic heterocycles. The molecule has 0 saturated carbocycles. The zero-order valence-electron chi connectivity index (χ0n) is 15.5. The fraction of sp³-hybridized carbons (Fsp3) is 0.263. The van der Waals surface area contributed by atoms with Gasteiger partial charge in [-0.05, 0) is 49.2 Å². The third-order valence-corrected chi connectivity index (χ3v) is 9.20. The summed E-state index contributed by atoms with van der Waals surface area (Å²) in [4.78, 5) is 17.0. The molecule has 11 heteroatoms.